The molecule has 0 aliphatic carbocycles. The Morgan fingerprint density at radius 3 is 2.24 bits per heavy atom. The normalized spacial score (nSPS) is 12.6. The highest BCUT2D eigenvalue weighted by Crippen LogP contribution is 2.38. The van der Waals surface area contributed by atoms with Gasteiger partial charge in [-0.3, -0.25) is 4.79 Å². The van der Waals surface area contributed by atoms with E-state index < -0.39 is 11.5 Å². The van der Waals surface area contributed by atoms with Crippen molar-refractivity contribution in [3.63, 3.8) is 0 Å². The summed E-state index contributed by atoms with van der Waals surface area (Å²) in [7, 11) is 0. The van der Waals surface area contributed by atoms with Gasteiger partial charge in [-0.15, -0.1) is 0 Å². The van der Waals surface area contributed by atoms with Gasteiger partial charge in [-0.2, -0.15) is 0 Å². The van der Waals surface area contributed by atoms with Crippen LogP contribution in [0.25, 0.3) is 22.2 Å². The Labute approximate surface area is 202 Å². The van der Waals surface area contributed by atoms with E-state index >= 15 is 0 Å². The first-order valence-electron chi connectivity index (χ1n) is 12.0. The molecular formula is C28H37N3O3. The number of likely N-dealkylation sites (N-methyl/N-ethyl adjacent to an activating group) is 1. The number of carbonyl (C=O) groups excluding carboxylic acids is 1. The summed E-state index contributed by atoms with van der Waals surface area (Å²) in [6, 6.07) is 12.6. The van der Waals surface area contributed by atoms with Gasteiger partial charge < -0.3 is 20.3 Å². The summed E-state index contributed by atoms with van der Waals surface area (Å²) < 4.78 is 0. The SMILES string of the molecule is CCN(CC)C(=O)C(C)(C)c1ccc2[nH]c(-c3cc(C)cc(C)c3)c(C(C)CNC(=O)O)c2c1. The molecule has 3 N–H and O–H groups in total. The Hall–Kier alpha value is -3.28. The molecule has 1 unspecified atom stereocenters. The van der Waals surface area contributed by atoms with E-state index in [0.29, 0.717) is 19.6 Å². The lowest BCUT2D eigenvalue weighted by Crippen LogP contribution is -2.43. The van der Waals surface area contributed by atoms with Gasteiger partial charge in [0.25, 0.3) is 0 Å². The van der Waals surface area contributed by atoms with E-state index in [4.69, 9.17) is 0 Å². The molecule has 3 aromatic rings. The average Bonchev–Trinajstić information content (AvgIpc) is 3.16. The predicted molar refractivity (Wildman–Crippen MR) is 139 cm³/mol. The highest BCUT2D eigenvalue weighted by Gasteiger charge is 2.33. The van der Waals surface area contributed by atoms with E-state index in [2.05, 4.69) is 48.4 Å². The number of benzene rings is 2. The molecule has 0 saturated carbocycles. The van der Waals surface area contributed by atoms with Crippen LogP contribution in [0, 0.1) is 13.8 Å². The van der Waals surface area contributed by atoms with E-state index in [9.17, 15) is 14.7 Å². The van der Waals surface area contributed by atoms with Crippen molar-refractivity contribution in [3.8, 4) is 11.3 Å². The third kappa shape index (κ3) is 4.96. The van der Waals surface area contributed by atoms with Gasteiger partial charge in [0.2, 0.25) is 5.91 Å². The van der Waals surface area contributed by atoms with Gasteiger partial charge in [-0.25, -0.2) is 4.79 Å². The molecule has 0 saturated heterocycles. The van der Waals surface area contributed by atoms with Crippen LogP contribution >= 0.6 is 0 Å². The summed E-state index contributed by atoms with van der Waals surface area (Å²) in [5.41, 5.74) is 6.70. The van der Waals surface area contributed by atoms with Crippen LogP contribution in [0.2, 0.25) is 0 Å². The van der Waals surface area contributed by atoms with Crippen molar-refractivity contribution in [3.05, 3.63) is 58.7 Å². The number of amides is 2. The lowest BCUT2D eigenvalue weighted by Gasteiger charge is -2.31. The largest absolute Gasteiger partial charge is 0.465 e. The third-order valence-corrected chi connectivity index (χ3v) is 6.71. The van der Waals surface area contributed by atoms with Crippen molar-refractivity contribution in [2.75, 3.05) is 19.6 Å². The first-order chi connectivity index (χ1) is 16.0. The maximum absolute atomic E-state index is 13.3. The minimum absolute atomic E-state index is 0.0717. The Morgan fingerprint density at radius 2 is 1.68 bits per heavy atom. The number of aromatic nitrogens is 1. The third-order valence-electron chi connectivity index (χ3n) is 6.71. The van der Waals surface area contributed by atoms with E-state index in [1.54, 1.807) is 0 Å². The zero-order chi connectivity index (χ0) is 25.2. The van der Waals surface area contributed by atoms with Crippen molar-refractivity contribution in [2.45, 2.75) is 59.8 Å². The van der Waals surface area contributed by atoms with Gasteiger partial charge in [0, 0.05) is 36.5 Å². The van der Waals surface area contributed by atoms with Gasteiger partial charge in [-0.1, -0.05) is 30.2 Å². The molecule has 0 aliphatic heterocycles. The zero-order valence-electron chi connectivity index (χ0n) is 21.4. The monoisotopic (exact) mass is 463 g/mol. The second kappa shape index (κ2) is 9.92. The van der Waals surface area contributed by atoms with Gasteiger partial charge in [0.1, 0.15) is 0 Å². The van der Waals surface area contributed by atoms with Gasteiger partial charge in [0.05, 0.1) is 11.1 Å². The van der Waals surface area contributed by atoms with Crippen LogP contribution in [0.4, 0.5) is 4.79 Å². The molecule has 0 fully saturated rings. The number of carbonyl (C=O) groups is 2. The lowest BCUT2D eigenvalue weighted by atomic mass is 9.81. The minimum atomic E-state index is -1.04. The molecule has 0 aliphatic rings. The Bertz CT molecular complexity index is 1180. The van der Waals surface area contributed by atoms with E-state index in [-0.39, 0.29) is 11.8 Å². The van der Waals surface area contributed by atoms with Crippen LogP contribution in [0.3, 0.4) is 0 Å². The smallest absolute Gasteiger partial charge is 0.404 e. The van der Waals surface area contributed by atoms with Crippen molar-refractivity contribution in [1.82, 2.24) is 15.2 Å². The number of hydrogen-bond acceptors (Lipinski definition) is 2. The molecule has 3 rings (SSSR count). The molecule has 182 valence electrons. The molecular weight excluding hydrogens is 426 g/mol. The standard InChI is InChI=1S/C28H37N3O3/c1-8-31(9-2)26(32)28(6,7)21-10-11-23-22(15-21)24(19(5)16-29-27(33)34)25(30-23)20-13-17(3)12-18(4)14-20/h10-15,19,29-30H,8-9,16H2,1-7H3,(H,33,34). The number of fused-ring (bicyclic) bond motifs is 1. The fourth-order valence-electron chi connectivity index (χ4n) is 4.83. The van der Waals surface area contributed by atoms with Crippen LogP contribution in [-0.2, 0) is 10.2 Å². The molecule has 2 aromatic carbocycles. The van der Waals surface area contributed by atoms with Gasteiger partial charge >= 0.3 is 6.09 Å². The highest BCUT2D eigenvalue weighted by atomic mass is 16.4. The zero-order valence-corrected chi connectivity index (χ0v) is 21.4. The molecule has 6 nitrogen and oxygen atoms in total. The summed E-state index contributed by atoms with van der Waals surface area (Å²) in [5.74, 6) is 0.0292. The number of rotatable bonds is 8. The number of hydrogen-bond donors (Lipinski definition) is 3. The van der Waals surface area contributed by atoms with Gasteiger partial charge in [-0.05, 0) is 82.5 Å². The maximum Gasteiger partial charge on any atom is 0.404 e. The Morgan fingerprint density at radius 1 is 1.06 bits per heavy atom. The molecule has 1 atom stereocenters. The topological polar surface area (TPSA) is 85.4 Å². The van der Waals surface area contributed by atoms with E-state index in [0.717, 1.165) is 33.3 Å². The second-order valence-electron chi connectivity index (χ2n) is 9.74. The molecule has 2 amide bonds. The summed E-state index contributed by atoms with van der Waals surface area (Å²) in [6.45, 7) is 15.8. The fourth-order valence-corrected chi connectivity index (χ4v) is 4.83. The molecule has 1 heterocycles. The van der Waals surface area contributed by atoms with Crippen LogP contribution in [0.1, 0.15) is 62.8 Å². The summed E-state index contributed by atoms with van der Waals surface area (Å²) >= 11 is 0. The van der Waals surface area contributed by atoms with Crippen molar-refractivity contribution in [2.24, 2.45) is 0 Å². The molecule has 34 heavy (non-hydrogen) atoms. The summed E-state index contributed by atoms with van der Waals surface area (Å²) in [4.78, 5) is 30.0. The number of aromatic amines is 1. The fraction of sp³-hybridized carbons (Fsp3) is 0.429. The molecule has 0 bridgehead atoms. The Kier molecular flexibility index (Phi) is 7.39. The first kappa shape index (κ1) is 25.3. The van der Waals surface area contributed by atoms with Crippen LogP contribution in [0.15, 0.2) is 36.4 Å². The number of nitrogens with zero attached hydrogens (tertiary/aromatic N) is 1. The van der Waals surface area contributed by atoms with E-state index in [1.165, 1.54) is 11.1 Å². The molecule has 6 heteroatoms. The number of H-pyrrole nitrogens is 1. The maximum atomic E-state index is 13.3. The highest BCUT2D eigenvalue weighted by molar-refractivity contribution is 5.94. The molecule has 0 spiro atoms. The summed E-state index contributed by atoms with van der Waals surface area (Å²) in [6.07, 6.45) is -1.04. The quantitative estimate of drug-likeness (QED) is 0.385. The van der Waals surface area contributed by atoms with E-state index in [1.807, 2.05) is 51.7 Å². The minimum Gasteiger partial charge on any atom is -0.465 e. The lowest BCUT2D eigenvalue weighted by molar-refractivity contribution is -0.135. The number of carboxylic acid groups (broad SMARTS) is 1. The van der Waals surface area contributed by atoms with Crippen LogP contribution in [0.5, 0.6) is 0 Å². The van der Waals surface area contributed by atoms with Crippen molar-refractivity contribution < 1.29 is 14.7 Å². The first-order valence-corrected chi connectivity index (χ1v) is 12.0. The van der Waals surface area contributed by atoms with Crippen molar-refractivity contribution >= 4 is 22.9 Å². The average molecular weight is 464 g/mol. The van der Waals surface area contributed by atoms with Crippen LogP contribution < -0.4 is 5.32 Å². The van der Waals surface area contributed by atoms with Gasteiger partial charge in [0.15, 0.2) is 0 Å². The molecule has 1 aromatic heterocycles. The second-order valence-corrected chi connectivity index (χ2v) is 9.74. The van der Waals surface area contributed by atoms with Crippen molar-refractivity contribution in [1.29, 1.82) is 0 Å². The Balaban J connectivity index is 2.21. The number of aryl methyl sites for hydroxylation is 2. The molecule has 0 radical (unpaired) electrons. The predicted octanol–water partition coefficient (Wildman–Crippen LogP) is 5.97. The summed E-state index contributed by atoms with van der Waals surface area (Å²) in [5, 5.41) is 12.7. The number of nitrogens with one attached hydrogen (secondary N) is 2. The van der Waals surface area contributed by atoms with Crippen LogP contribution in [-0.4, -0.2) is 46.6 Å².